The molecule has 0 radical (unpaired) electrons. The molecule has 2 aromatic carbocycles. The van der Waals surface area contributed by atoms with Crippen LogP contribution in [0.5, 0.6) is 0 Å². The van der Waals surface area contributed by atoms with Crippen molar-refractivity contribution in [3.05, 3.63) is 70.8 Å². The van der Waals surface area contributed by atoms with Crippen molar-refractivity contribution in [2.45, 2.75) is 19.7 Å². The predicted molar refractivity (Wildman–Crippen MR) is 83.7 cm³/mol. The van der Waals surface area contributed by atoms with Crippen molar-refractivity contribution in [3.8, 4) is 0 Å². The molecule has 5 heteroatoms. The van der Waals surface area contributed by atoms with Crippen molar-refractivity contribution < 1.29 is 19.1 Å². The van der Waals surface area contributed by atoms with E-state index in [9.17, 15) is 9.59 Å². The molecule has 3 rings (SSSR count). The Morgan fingerprint density at radius 1 is 1.04 bits per heavy atom. The van der Waals surface area contributed by atoms with Gasteiger partial charge in [0, 0.05) is 6.54 Å². The van der Waals surface area contributed by atoms with Gasteiger partial charge in [-0.15, -0.1) is 0 Å². The number of ether oxygens (including phenoxy) is 2. The number of carbonyl (C=O) groups is 2. The minimum absolute atomic E-state index is 0.233. The molecule has 0 atom stereocenters. The van der Waals surface area contributed by atoms with Crippen LogP contribution in [0.15, 0.2) is 48.5 Å². The number of hydrogen-bond donors (Lipinski definition) is 0. The number of amides is 1. The quantitative estimate of drug-likeness (QED) is 0.817. The molecule has 118 valence electrons. The van der Waals surface area contributed by atoms with Gasteiger partial charge < -0.3 is 9.47 Å². The number of methoxy groups -OCH3 is 1. The molecule has 5 nitrogen and oxygen atoms in total. The van der Waals surface area contributed by atoms with Gasteiger partial charge in [0.2, 0.25) is 0 Å². The second kappa shape index (κ2) is 6.52. The second-order valence-electron chi connectivity index (χ2n) is 5.33. The van der Waals surface area contributed by atoms with E-state index in [1.54, 1.807) is 17.0 Å². The van der Waals surface area contributed by atoms with Gasteiger partial charge >= 0.3 is 12.1 Å². The first-order valence-corrected chi connectivity index (χ1v) is 7.33. The van der Waals surface area contributed by atoms with Crippen molar-refractivity contribution >= 4 is 12.1 Å². The Hall–Kier alpha value is -2.82. The van der Waals surface area contributed by atoms with Crippen LogP contribution in [0.4, 0.5) is 4.79 Å². The van der Waals surface area contributed by atoms with Crippen LogP contribution in [0, 0.1) is 0 Å². The zero-order valence-corrected chi connectivity index (χ0v) is 12.8. The number of carbonyl (C=O) groups excluding carboxylic acids is 2. The van der Waals surface area contributed by atoms with Gasteiger partial charge in [-0.25, -0.2) is 9.59 Å². The highest BCUT2D eigenvalue weighted by Gasteiger charge is 2.28. The molecule has 0 bridgehead atoms. The molecule has 1 amide bonds. The molecule has 0 unspecified atom stereocenters. The lowest BCUT2D eigenvalue weighted by Crippen LogP contribution is -2.26. The molecule has 0 aromatic heterocycles. The highest BCUT2D eigenvalue weighted by Crippen LogP contribution is 2.27. The maximum atomic E-state index is 12.2. The monoisotopic (exact) mass is 311 g/mol. The van der Waals surface area contributed by atoms with Crippen LogP contribution < -0.4 is 0 Å². The predicted octanol–water partition coefficient (Wildman–Crippen LogP) is 3.13. The zero-order chi connectivity index (χ0) is 16.2. The number of esters is 1. The molecule has 1 aliphatic heterocycles. The fraction of sp³-hybridized carbons (Fsp3) is 0.222. The summed E-state index contributed by atoms with van der Waals surface area (Å²) in [6, 6.07) is 14.9. The summed E-state index contributed by atoms with van der Waals surface area (Å²) < 4.78 is 10.1. The number of benzene rings is 2. The van der Waals surface area contributed by atoms with Gasteiger partial charge in [0.15, 0.2) is 0 Å². The molecular formula is C18H17NO4. The van der Waals surface area contributed by atoms with E-state index in [-0.39, 0.29) is 18.7 Å². The Morgan fingerprint density at radius 2 is 1.83 bits per heavy atom. The second-order valence-corrected chi connectivity index (χ2v) is 5.33. The summed E-state index contributed by atoms with van der Waals surface area (Å²) in [5, 5.41) is 0. The van der Waals surface area contributed by atoms with Crippen molar-refractivity contribution in [1.29, 1.82) is 0 Å². The molecule has 1 heterocycles. The molecule has 0 spiro atoms. The van der Waals surface area contributed by atoms with E-state index in [4.69, 9.17) is 9.47 Å². The minimum atomic E-state index is -0.388. The average Bonchev–Trinajstić information content (AvgIpc) is 3.04. The van der Waals surface area contributed by atoms with E-state index in [1.807, 2.05) is 36.4 Å². The fourth-order valence-corrected chi connectivity index (χ4v) is 2.66. The lowest BCUT2D eigenvalue weighted by molar-refractivity contribution is 0.0597. The third-order valence-electron chi connectivity index (χ3n) is 3.85. The lowest BCUT2D eigenvalue weighted by atomic mass is 10.0. The van der Waals surface area contributed by atoms with E-state index in [0.29, 0.717) is 18.7 Å². The summed E-state index contributed by atoms with van der Waals surface area (Å²) in [6.45, 7) is 1.03. The maximum absolute atomic E-state index is 12.2. The summed E-state index contributed by atoms with van der Waals surface area (Å²) >= 11 is 0. The molecule has 0 saturated heterocycles. The van der Waals surface area contributed by atoms with E-state index in [2.05, 4.69) is 0 Å². The lowest BCUT2D eigenvalue weighted by Gasteiger charge is -2.15. The van der Waals surface area contributed by atoms with Gasteiger partial charge in [-0.2, -0.15) is 0 Å². The summed E-state index contributed by atoms with van der Waals surface area (Å²) in [5.74, 6) is -0.388. The first kappa shape index (κ1) is 15.1. The van der Waals surface area contributed by atoms with Crippen LogP contribution in [-0.2, 0) is 29.2 Å². The van der Waals surface area contributed by atoms with Crippen LogP contribution >= 0.6 is 0 Å². The van der Waals surface area contributed by atoms with Crippen molar-refractivity contribution in [1.82, 2.24) is 4.90 Å². The maximum Gasteiger partial charge on any atom is 0.410 e. The summed E-state index contributed by atoms with van der Waals surface area (Å²) in [4.78, 5) is 25.6. The third kappa shape index (κ3) is 3.18. The minimum Gasteiger partial charge on any atom is -0.465 e. The van der Waals surface area contributed by atoms with Gasteiger partial charge in [0.1, 0.15) is 6.61 Å². The molecule has 2 aromatic rings. The fourth-order valence-electron chi connectivity index (χ4n) is 2.66. The molecule has 1 aliphatic rings. The third-order valence-corrected chi connectivity index (χ3v) is 3.85. The van der Waals surface area contributed by atoms with Gasteiger partial charge in [0.25, 0.3) is 0 Å². The van der Waals surface area contributed by atoms with Crippen molar-refractivity contribution in [2.24, 2.45) is 0 Å². The molecular weight excluding hydrogens is 294 g/mol. The largest absolute Gasteiger partial charge is 0.465 e. The Morgan fingerprint density at radius 3 is 2.57 bits per heavy atom. The molecule has 23 heavy (non-hydrogen) atoms. The SMILES string of the molecule is COC(=O)c1cccc2c1CN(C(=O)OCc1ccccc1)C2. The smallest absolute Gasteiger partial charge is 0.410 e. The first-order chi connectivity index (χ1) is 11.2. The zero-order valence-electron chi connectivity index (χ0n) is 12.8. The van der Waals surface area contributed by atoms with E-state index >= 15 is 0 Å². The van der Waals surface area contributed by atoms with Crippen LogP contribution in [0.2, 0.25) is 0 Å². The number of fused-ring (bicyclic) bond motifs is 1. The molecule has 0 aliphatic carbocycles. The average molecular weight is 311 g/mol. The summed E-state index contributed by atoms with van der Waals surface area (Å²) in [7, 11) is 1.35. The molecule has 0 saturated carbocycles. The normalized spacial score (nSPS) is 12.7. The summed E-state index contributed by atoms with van der Waals surface area (Å²) in [5.41, 5.74) is 3.22. The Kier molecular flexibility index (Phi) is 4.28. The Bertz CT molecular complexity index is 727. The molecule has 0 fully saturated rings. The van der Waals surface area contributed by atoms with Crippen LogP contribution in [0.25, 0.3) is 0 Å². The van der Waals surface area contributed by atoms with Gasteiger partial charge in [-0.1, -0.05) is 42.5 Å². The van der Waals surface area contributed by atoms with Gasteiger partial charge in [0.05, 0.1) is 19.2 Å². The van der Waals surface area contributed by atoms with Gasteiger partial charge in [-0.05, 0) is 22.8 Å². The van der Waals surface area contributed by atoms with Crippen molar-refractivity contribution in [2.75, 3.05) is 7.11 Å². The van der Waals surface area contributed by atoms with E-state index in [0.717, 1.165) is 16.7 Å². The topological polar surface area (TPSA) is 55.8 Å². The van der Waals surface area contributed by atoms with E-state index < -0.39 is 0 Å². The highest BCUT2D eigenvalue weighted by molar-refractivity contribution is 5.91. The highest BCUT2D eigenvalue weighted by atomic mass is 16.6. The number of hydrogen-bond acceptors (Lipinski definition) is 4. The number of rotatable bonds is 3. The Labute approximate surface area is 134 Å². The van der Waals surface area contributed by atoms with Crippen LogP contribution in [0.1, 0.15) is 27.0 Å². The van der Waals surface area contributed by atoms with Crippen LogP contribution in [0.3, 0.4) is 0 Å². The van der Waals surface area contributed by atoms with E-state index in [1.165, 1.54) is 7.11 Å². The number of nitrogens with zero attached hydrogens (tertiary/aromatic N) is 1. The van der Waals surface area contributed by atoms with Gasteiger partial charge in [-0.3, -0.25) is 4.90 Å². The Balaban J connectivity index is 1.67. The first-order valence-electron chi connectivity index (χ1n) is 7.33. The van der Waals surface area contributed by atoms with Crippen LogP contribution in [-0.4, -0.2) is 24.1 Å². The standard InChI is InChI=1S/C18H17NO4/c1-22-17(20)15-9-5-8-14-10-19(11-16(14)15)18(21)23-12-13-6-3-2-4-7-13/h2-9H,10-12H2,1H3. The van der Waals surface area contributed by atoms with Crippen molar-refractivity contribution in [3.63, 3.8) is 0 Å². The molecule has 0 N–H and O–H groups in total. The summed E-state index contributed by atoms with van der Waals surface area (Å²) in [6.07, 6.45) is -0.388.